The number of rotatable bonds is 4. The number of hydrogen-bond donors (Lipinski definition) is 4. The fourth-order valence-electron chi connectivity index (χ4n) is 2.33. The Balaban J connectivity index is 1.98. The van der Waals surface area contributed by atoms with Gasteiger partial charge in [0, 0.05) is 23.3 Å². The molecule has 0 aliphatic carbocycles. The number of nitrogens with one attached hydrogen (secondary N) is 2. The summed E-state index contributed by atoms with van der Waals surface area (Å²) >= 11 is 0. The van der Waals surface area contributed by atoms with Crippen molar-refractivity contribution in [2.75, 3.05) is 4.72 Å². The zero-order chi connectivity index (χ0) is 18.2. The maximum Gasteiger partial charge on any atom is 0.339 e. The van der Waals surface area contributed by atoms with E-state index in [-0.39, 0.29) is 16.1 Å². The molecule has 0 fully saturated rings. The minimum atomic E-state index is -4.05. The third-order valence-electron chi connectivity index (χ3n) is 3.54. The largest absolute Gasteiger partial charge is 0.507 e. The second-order valence-corrected chi connectivity index (χ2v) is 6.88. The van der Waals surface area contributed by atoms with Crippen LogP contribution < -0.4 is 10.3 Å². The molecule has 3 rings (SSSR count). The van der Waals surface area contributed by atoms with Crippen LogP contribution in [0.1, 0.15) is 10.4 Å². The lowest BCUT2D eigenvalue weighted by Gasteiger charge is -2.10. The number of carboxylic acids is 1. The summed E-state index contributed by atoms with van der Waals surface area (Å²) in [7, 11) is -4.05. The van der Waals surface area contributed by atoms with E-state index in [2.05, 4.69) is 9.71 Å². The molecule has 9 heteroatoms. The monoisotopic (exact) mass is 360 g/mol. The summed E-state index contributed by atoms with van der Waals surface area (Å²) in [6, 6.07) is 8.98. The van der Waals surface area contributed by atoms with Crippen LogP contribution in [-0.4, -0.2) is 29.6 Å². The fraction of sp³-hybridized carbons (Fsp3) is 0. The van der Waals surface area contributed by atoms with Crippen LogP contribution >= 0.6 is 0 Å². The van der Waals surface area contributed by atoms with Crippen molar-refractivity contribution >= 4 is 32.5 Å². The van der Waals surface area contributed by atoms with Gasteiger partial charge in [-0.3, -0.25) is 9.52 Å². The summed E-state index contributed by atoms with van der Waals surface area (Å²) in [5.74, 6) is -2.02. The Morgan fingerprint density at radius 3 is 2.52 bits per heavy atom. The first kappa shape index (κ1) is 16.5. The molecule has 2 aromatic carbocycles. The Labute approximate surface area is 141 Å². The number of aromatic carboxylic acids is 1. The van der Waals surface area contributed by atoms with E-state index in [1.54, 1.807) is 6.07 Å². The van der Waals surface area contributed by atoms with Crippen molar-refractivity contribution in [3.05, 3.63) is 64.6 Å². The van der Waals surface area contributed by atoms with E-state index in [0.717, 1.165) is 18.2 Å². The summed E-state index contributed by atoms with van der Waals surface area (Å²) < 4.78 is 27.1. The van der Waals surface area contributed by atoms with Crippen LogP contribution in [0.15, 0.2) is 58.4 Å². The molecule has 0 aliphatic rings. The number of phenols is 1. The van der Waals surface area contributed by atoms with E-state index in [0.29, 0.717) is 10.8 Å². The Morgan fingerprint density at radius 1 is 1.08 bits per heavy atom. The van der Waals surface area contributed by atoms with Gasteiger partial charge in [0.2, 0.25) is 0 Å². The third kappa shape index (κ3) is 3.17. The second kappa shape index (κ2) is 5.95. The number of aromatic hydroxyl groups is 1. The summed E-state index contributed by atoms with van der Waals surface area (Å²) in [5.41, 5.74) is -0.468. The summed E-state index contributed by atoms with van der Waals surface area (Å²) in [6.45, 7) is 0. The number of H-pyrrole nitrogens is 1. The zero-order valence-electron chi connectivity index (χ0n) is 12.6. The molecule has 1 aromatic heterocycles. The van der Waals surface area contributed by atoms with Gasteiger partial charge >= 0.3 is 5.97 Å². The average molecular weight is 360 g/mol. The van der Waals surface area contributed by atoms with Gasteiger partial charge < -0.3 is 15.2 Å². The first-order valence-electron chi connectivity index (χ1n) is 6.98. The molecular weight excluding hydrogens is 348 g/mol. The van der Waals surface area contributed by atoms with Crippen molar-refractivity contribution in [2.24, 2.45) is 0 Å². The van der Waals surface area contributed by atoms with Crippen LogP contribution in [0.25, 0.3) is 10.8 Å². The maximum absolute atomic E-state index is 12.4. The van der Waals surface area contributed by atoms with Crippen LogP contribution in [0.4, 0.5) is 5.69 Å². The predicted octanol–water partition coefficient (Wildman–Crippen LogP) is 1.73. The Morgan fingerprint density at radius 2 is 1.84 bits per heavy atom. The topological polar surface area (TPSA) is 137 Å². The number of fused-ring (bicyclic) bond motifs is 1. The van der Waals surface area contributed by atoms with Crippen molar-refractivity contribution in [2.45, 2.75) is 4.90 Å². The van der Waals surface area contributed by atoms with Gasteiger partial charge in [-0.1, -0.05) is 0 Å². The number of pyridine rings is 1. The van der Waals surface area contributed by atoms with Gasteiger partial charge in [0.05, 0.1) is 4.90 Å². The molecule has 0 saturated carbocycles. The number of aromatic amines is 1. The summed E-state index contributed by atoms with van der Waals surface area (Å²) in [6.07, 6.45) is 1.45. The number of benzene rings is 2. The molecule has 0 radical (unpaired) electrons. The number of carbonyl (C=O) groups is 1. The first-order valence-corrected chi connectivity index (χ1v) is 8.47. The molecule has 0 bridgehead atoms. The quantitative estimate of drug-likeness (QED) is 0.559. The molecule has 3 aromatic rings. The van der Waals surface area contributed by atoms with Crippen LogP contribution in [0.5, 0.6) is 5.75 Å². The Bertz CT molecular complexity index is 1150. The van der Waals surface area contributed by atoms with Crippen molar-refractivity contribution in [1.82, 2.24) is 4.98 Å². The Hall–Kier alpha value is -3.33. The second-order valence-electron chi connectivity index (χ2n) is 5.20. The van der Waals surface area contributed by atoms with Gasteiger partial charge in [0.15, 0.2) is 0 Å². The number of aromatic nitrogens is 1. The van der Waals surface area contributed by atoms with Gasteiger partial charge in [-0.2, -0.15) is 0 Å². The van der Waals surface area contributed by atoms with E-state index >= 15 is 0 Å². The fourth-order valence-corrected chi connectivity index (χ4v) is 3.40. The highest BCUT2D eigenvalue weighted by molar-refractivity contribution is 7.92. The van der Waals surface area contributed by atoms with Crippen molar-refractivity contribution in [1.29, 1.82) is 0 Å². The molecule has 0 saturated heterocycles. The lowest BCUT2D eigenvalue weighted by atomic mass is 10.1. The molecule has 1 heterocycles. The molecule has 8 nitrogen and oxygen atoms in total. The molecule has 25 heavy (non-hydrogen) atoms. The van der Waals surface area contributed by atoms with Crippen molar-refractivity contribution < 1.29 is 23.4 Å². The molecule has 4 N–H and O–H groups in total. The van der Waals surface area contributed by atoms with Crippen molar-refractivity contribution in [3.63, 3.8) is 0 Å². The lowest BCUT2D eigenvalue weighted by Crippen LogP contribution is -2.13. The normalized spacial score (nSPS) is 11.4. The number of anilines is 1. The minimum Gasteiger partial charge on any atom is -0.507 e. The van der Waals surface area contributed by atoms with E-state index in [1.165, 1.54) is 24.4 Å². The van der Waals surface area contributed by atoms with E-state index < -0.39 is 27.3 Å². The highest BCUT2D eigenvalue weighted by atomic mass is 32.2. The standard InChI is InChI=1S/C16H12N2O6S/c19-14-8-11(2-4-13(14)16(21)22)25(23,24)18-10-1-3-12-9(7-10)5-6-17-15(12)20/h1-8,18-19H,(H,17,20)(H,21,22). The summed E-state index contributed by atoms with van der Waals surface area (Å²) in [5, 5.41) is 19.5. The van der Waals surface area contributed by atoms with Crippen LogP contribution in [-0.2, 0) is 10.0 Å². The predicted molar refractivity (Wildman–Crippen MR) is 90.4 cm³/mol. The number of sulfonamides is 1. The average Bonchev–Trinajstić information content (AvgIpc) is 2.54. The summed E-state index contributed by atoms with van der Waals surface area (Å²) in [4.78, 5) is 24.8. The molecular formula is C16H12N2O6S. The van der Waals surface area contributed by atoms with Gasteiger partial charge in [-0.15, -0.1) is 0 Å². The smallest absolute Gasteiger partial charge is 0.339 e. The van der Waals surface area contributed by atoms with Gasteiger partial charge in [0.1, 0.15) is 11.3 Å². The molecule has 0 aliphatic heterocycles. The zero-order valence-corrected chi connectivity index (χ0v) is 13.4. The van der Waals surface area contributed by atoms with Gasteiger partial charge in [-0.05, 0) is 41.8 Å². The number of carboxylic acid groups (broad SMARTS) is 1. The first-order chi connectivity index (χ1) is 11.8. The van der Waals surface area contributed by atoms with Crippen LogP contribution in [0, 0.1) is 0 Å². The highest BCUT2D eigenvalue weighted by Gasteiger charge is 2.18. The maximum atomic E-state index is 12.4. The minimum absolute atomic E-state index is 0.222. The van der Waals surface area contributed by atoms with E-state index in [9.17, 15) is 23.1 Å². The highest BCUT2D eigenvalue weighted by Crippen LogP contribution is 2.24. The van der Waals surface area contributed by atoms with Gasteiger partial charge in [0.25, 0.3) is 15.6 Å². The van der Waals surface area contributed by atoms with Crippen molar-refractivity contribution in [3.8, 4) is 5.75 Å². The van der Waals surface area contributed by atoms with E-state index in [1.807, 2.05) is 0 Å². The third-order valence-corrected chi connectivity index (χ3v) is 4.91. The Kier molecular flexibility index (Phi) is 3.93. The van der Waals surface area contributed by atoms with Crippen LogP contribution in [0.3, 0.4) is 0 Å². The lowest BCUT2D eigenvalue weighted by molar-refractivity contribution is 0.0693. The van der Waals surface area contributed by atoms with E-state index in [4.69, 9.17) is 5.11 Å². The SMILES string of the molecule is O=C(O)c1ccc(S(=O)(=O)Nc2ccc3c(=O)[nH]ccc3c2)cc1O. The van der Waals surface area contributed by atoms with Gasteiger partial charge in [-0.25, -0.2) is 13.2 Å². The molecule has 0 spiro atoms. The molecule has 128 valence electrons. The molecule has 0 unspecified atom stereocenters. The molecule has 0 atom stereocenters. The van der Waals surface area contributed by atoms with Crippen LogP contribution in [0.2, 0.25) is 0 Å². The molecule has 0 amide bonds. The number of hydrogen-bond acceptors (Lipinski definition) is 5.